The molecule has 1 unspecified atom stereocenters. The number of carbonyl (C=O) groups is 2. The van der Waals surface area contributed by atoms with Gasteiger partial charge < -0.3 is 10.2 Å². The summed E-state index contributed by atoms with van der Waals surface area (Å²) >= 11 is 0. The Kier molecular flexibility index (Phi) is 3.35. The van der Waals surface area contributed by atoms with E-state index in [4.69, 9.17) is 0 Å². The van der Waals surface area contributed by atoms with Gasteiger partial charge in [-0.05, 0) is 35.4 Å². The minimum atomic E-state index is -0.386. The molecule has 2 heterocycles. The fourth-order valence-corrected chi connectivity index (χ4v) is 3.12. The van der Waals surface area contributed by atoms with Crippen LogP contribution in [0.1, 0.15) is 55.1 Å². The fourth-order valence-electron chi connectivity index (χ4n) is 3.12. The van der Waals surface area contributed by atoms with E-state index in [1.807, 2.05) is 12.1 Å². The van der Waals surface area contributed by atoms with Crippen molar-refractivity contribution in [2.45, 2.75) is 51.6 Å². The Labute approximate surface area is 131 Å². The zero-order chi connectivity index (χ0) is 16.1. The van der Waals surface area contributed by atoms with Gasteiger partial charge in [0.05, 0.1) is 0 Å². The Hall–Kier alpha value is -2.10. The van der Waals surface area contributed by atoms with Crippen LogP contribution in [0.3, 0.4) is 0 Å². The van der Waals surface area contributed by atoms with Crippen molar-refractivity contribution in [3.63, 3.8) is 0 Å². The first-order chi connectivity index (χ1) is 10.3. The smallest absolute Gasteiger partial charge is 0.255 e. The average Bonchev–Trinajstić information content (AvgIpc) is 2.75. The lowest BCUT2D eigenvalue weighted by Gasteiger charge is -2.30. The number of hydrogen-bond donors (Lipinski definition) is 1. The van der Waals surface area contributed by atoms with E-state index in [1.54, 1.807) is 4.90 Å². The first-order valence-corrected chi connectivity index (χ1v) is 7.70. The Morgan fingerprint density at radius 1 is 1.27 bits per heavy atom. The molecule has 2 amide bonds. The van der Waals surface area contributed by atoms with Crippen molar-refractivity contribution in [2.75, 3.05) is 0 Å². The lowest BCUT2D eigenvalue weighted by Crippen LogP contribution is -2.49. The molecule has 116 valence electrons. The Balaban J connectivity index is 1.88. The molecule has 2 aliphatic heterocycles. The predicted molar refractivity (Wildman–Crippen MR) is 85.3 cm³/mol. The number of benzene rings is 1. The monoisotopic (exact) mass is 298 g/mol. The molecule has 1 saturated heterocycles. The first-order valence-electron chi connectivity index (χ1n) is 7.70. The molecule has 22 heavy (non-hydrogen) atoms. The quantitative estimate of drug-likeness (QED) is 0.866. The summed E-state index contributed by atoms with van der Waals surface area (Å²) in [5.41, 5.74) is 3.74. The van der Waals surface area contributed by atoms with E-state index >= 15 is 0 Å². The maximum atomic E-state index is 12.6. The Morgan fingerprint density at radius 2 is 2.00 bits per heavy atom. The Bertz CT molecular complexity index is 670. The van der Waals surface area contributed by atoms with Gasteiger partial charge in [-0.15, -0.1) is 0 Å². The van der Waals surface area contributed by atoms with Crippen LogP contribution in [-0.4, -0.2) is 22.8 Å². The molecule has 0 aliphatic carbocycles. The minimum absolute atomic E-state index is 0.0388. The van der Waals surface area contributed by atoms with E-state index in [9.17, 15) is 9.59 Å². The van der Waals surface area contributed by atoms with Crippen LogP contribution >= 0.6 is 0 Å². The van der Waals surface area contributed by atoms with Gasteiger partial charge in [-0.3, -0.25) is 9.59 Å². The maximum Gasteiger partial charge on any atom is 0.255 e. The van der Waals surface area contributed by atoms with Crippen LogP contribution < -0.4 is 5.32 Å². The molecule has 0 aromatic heterocycles. The van der Waals surface area contributed by atoms with Crippen molar-refractivity contribution >= 4 is 11.8 Å². The van der Waals surface area contributed by atoms with E-state index < -0.39 is 0 Å². The number of nitrogens with one attached hydrogen (secondary N) is 1. The molecule has 4 heteroatoms. The van der Waals surface area contributed by atoms with E-state index in [0.717, 1.165) is 23.2 Å². The SMILES string of the molecule is C=C1CCC(N2Cc3cc(C(C)(C)C)ccc3C2=O)C(=O)N1. The van der Waals surface area contributed by atoms with Crippen molar-refractivity contribution in [1.82, 2.24) is 10.2 Å². The van der Waals surface area contributed by atoms with Crippen LogP contribution in [0.4, 0.5) is 0 Å². The zero-order valence-corrected chi connectivity index (χ0v) is 13.4. The van der Waals surface area contributed by atoms with Gasteiger partial charge in [0.25, 0.3) is 5.91 Å². The molecular formula is C18H22N2O2. The third kappa shape index (κ3) is 2.43. The van der Waals surface area contributed by atoms with Crippen molar-refractivity contribution in [1.29, 1.82) is 0 Å². The number of hydrogen-bond acceptors (Lipinski definition) is 2. The third-order valence-electron chi connectivity index (χ3n) is 4.50. The second-order valence-corrected chi connectivity index (χ2v) is 7.20. The highest BCUT2D eigenvalue weighted by atomic mass is 16.2. The van der Waals surface area contributed by atoms with E-state index in [0.29, 0.717) is 13.0 Å². The normalized spacial score (nSPS) is 21.9. The number of carbonyl (C=O) groups excluding carboxylic acids is 2. The van der Waals surface area contributed by atoms with E-state index in [-0.39, 0.29) is 23.3 Å². The van der Waals surface area contributed by atoms with Crippen molar-refractivity contribution in [3.8, 4) is 0 Å². The van der Waals surface area contributed by atoms with Crippen molar-refractivity contribution in [2.24, 2.45) is 0 Å². The molecule has 4 nitrogen and oxygen atoms in total. The summed E-state index contributed by atoms with van der Waals surface area (Å²) in [5.74, 6) is -0.156. The molecule has 0 spiro atoms. The van der Waals surface area contributed by atoms with Gasteiger partial charge in [0, 0.05) is 17.8 Å². The lowest BCUT2D eigenvalue weighted by molar-refractivity contribution is -0.126. The molecule has 0 saturated carbocycles. The zero-order valence-electron chi connectivity index (χ0n) is 13.4. The molecule has 1 fully saturated rings. The number of allylic oxidation sites excluding steroid dienone is 1. The summed E-state index contributed by atoms with van der Waals surface area (Å²) in [6.45, 7) is 10.8. The van der Waals surface area contributed by atoms with Gasteiger partial charge in [-0.1, -0.05) is 39.5 Å². The predicted octanol–water partition coefficient (Wildman–Crippen LogP) is 2.73. The summed E-state index contributed by atoms with van der Waals surface area (Å²) in [6.07, 6.45) is 1.38. The summed E-state index contributed by atoms with van der Waals surface area (Å²) in [4.78, 5) is 26.4. The van der Waals surface area contributed by atoms with Gasteiger partial charge in [-0.25, -0.2) is 0 Å². The van der Waals surface area contributed by atoms with Gasteiger partial charge in [0.2, 0.25) is 5.91 Å². The van der Waals surface area contributed by atoms with Gasteiger partial charge >= 0.3 is 0 Å². The molecule has 1 atom stereocenters. The molecule has 0 radical (unpaired) electrons. The summed E-state index contributed by atoms with van der Waals surface area (Å²) < 4.78 is 0. The van der Waals surface area contributed by atoms with Gasteiger partial charge in [-0.2, -0.15) is 0 Å². The van der Waals surface area contributed by atoms with E-state index in [1.165, 1.54) is 5.56 Å². The first kappa shape index (κ1) is 14.8. The van der Waals surface area contributed by atoms with Crippen LogP contribution in [0.25, 0.3) is 0 Å². The topological polar surface area (TPSA) is 49.4 Å². The summed E-state index contributed by atoms with van der Waals surface area (Å²) in [7, 11) is 0. The summed E-state index contributed by atoms with van der Waals surface area (Å²) in [6, 6.07) is 5.64. The second-order valence-electron chi connectivity index (χ2n) is 7.20. The highest BCUT2D eigenvalue weighted by Gasteiger charge is 2.38. The van der Waals surface area contributed by atoms with Crippen LogP contribution in [0, 0.1) is 0 Å². The average molecular weight is 298 g/mol. The molecule has 1 N–H and O–H groups in total. The number of amides is 2. The maximum absolute atomic E-state index is 12.6. The molecule has 2 aliphatic rings. The highest BCUT2D eigenvalue weighted by molar-refractivity contribution is 6.01. The number of piperidine rings is 1. The van der Waals surface area contributed by atoms with Gasteiger partial charge in [0.15, 0.2) is 0 Å². The fraction of sp³-hybridized carbons (Fsp3) is 0.444. The van der Waals surface area contributed by atoms with Crippen LogP contribution in [0.2, 0.25) is 0 Å². The second kappa shape index (κ2) is 4.97. The number of fused-ring (bicyclic) bond motifs is 1. The number of rotatable bonds is 1. The number of nitrogens with zero attached hydrogens (tertiary/aromatic N) is 1. The summed E-state index contributed by atoms with van der Waals surface area (Å²) in [5, 5.41) is 2.76. The van der Waals surface area contributed by atoms with E-state index in [2.05, 4.69) is 38.7 Å². The Morgan fingerprint density at radius 3 is 2.64 bits per heavy atom. The van der Waals surface area contributed by atoms with Crippen LogP contribution in [0.5, 0.6) is 0 Å². The van der Waals surface area contributed by atoms with Gasteiger partial charge in [0.1, 0.15) is 6.04 Å². The highest BCUT2D eigenvalue weighted by Crippen LogP contribution is 2.32. The largest absolute Gasteiger partial charge is 0.329 e. The minimum Gasteiger partial charge on any atom is -0.329 e. The standard InChI is InChI=1S/C18H22N2O2/c1-11-5-8-15(16(21)19-11)20-10-12-9-13(18(2,3)4)6-7-14(12)17(20)22/h6-7,9,15H,1,5,8,10H2,2-4H3,(H,19,21). The van der Waals surface area contributed by atoms with Crippen LogP contribution in [-0.2, 0) is 16.8 Å². The molecule has 1 aromatic rings. The lowest BCUT2D eigenvalue weighted by atomic mass is 9.85. The molecule has 1 aromatic carbocycles. The molecule has 3 rings (SSSR count). The third-order valence-corrected chi connectivity index (χ3v) is 4.50. The molecular weight excluding hydrogens is 276 g/mol. The van der Waals surface area contributed by atoms with Crippen molar-refractivity contribution in [3.05, 3.63) is 47.2 Å². The molecule has 0 bridgehead atoms. The van der Waals surface area contributed by atoms with Crippen LogP contribution in [0.15, 0.2) is 30.5 Å². The van der Waals surface area contributed by atoms with Crippen molar-refractivity contribution < 1.29 is 9.59 Å².